The predicted octanol–water partition coefficient (Wildman–Crippen LogP) is 6.77. The Morgan fingerprint density at radius 1 is 0.903 bits per heavy atom. The number of amides is 1. The van der Waals surface area contributed by atoms with Crippen LogP contribution in [0.4, 0.5) is 5.69 Å². The molecule has 31 heavy (non-hydrogen) atoms. The lowest BCUT2D eigenvalue weighted by molar-refractivity contribution is 0.102. The van der Waals surface area contributed by atoms with E-state index >= 15 is 0 Å². The van der Waals surface area contributed by atoms with E-state index in [2.05, 4.69) is 10.4 Å². The standard InChI is InChI=1S/C25H21Cl2N3O/c1-16-24(17(2)30(29-16)15-18-8-13-22(26)23(27)14-18)28-25(31)21-11-9-20(10-12-21)19-6-4-3-5-7-19/h3-14H,15H2,1-2H3,(H,28,31). The van der Waals surface area contributed by atoms with Gasteiger partial charge in [0.2, 0.25) is 0 Å². The molecule has 4 rings (SSSR count). The molecule has 0 saturated carbocycles. The fraction of sp³-hybridized carbons (Fsp3) is 0.120. The van der Waals surface area contributed by atoms with Gasteiger partial charge < -0.3 is 5.32 Å². The third-order valence-corrected chi connectivity index (χ3v) is 5.93. The maximum Gasteiger partial charge on any atom is 0.255 e. The summed E-state index contributed by atoms with van der Waals surface area (Å²) in [7, 11) is 0. The Bertz CT molecular complexity index is 1230. The van der Waals surface area contributed by atoms with Crippen molar-refractivity contribution in [1.82, 2.24) is 9.78 Å². The summed E-state index contributed by atoms with van der Waals surface area (Å²) >= 11 is 12.1. The molecule has 156 valence electrons. The number of carbonyl (C=O) groups excluding carboxylic acids is 1. The number of hydrogen-bond acceptors (Lipinski definition) is 2. The van der Waals surface area contributed by atoms with Gasteiger partial charge in [-0.05, 0) is 54.8 Å². The van der Waals surface area contributed by atoms with Crippen LogP contribution in [0.15, 0.2) is 72.8 Å². The average molecular weight is 450 g/mol. The Morgan fingerprint density at radius 3 is 2.26 bits per heavy atom. The molecule has 3 aromatic carbocycles. The highest BCUT2D eigenvalue weighted by Gasteiger charge is 2.16. The lowest BCUT2D eigenvalue weighted by atomic mass is 10.0. The van der Waals surface area contributed by atoms with Crippen molar-refractivity contribution < 1.29 is 4.79 Å². The van der Waals surface area contributed by atoms with Crippen molar-refractivity contribution in [2.45, 2.75) is 20.4 Å². The van der Waals surface area contributed by atoms with E-state index in [1.54, 1.807) is 6.07 Å². The number of halogens is 2. The summed E-state index contributed by atoms with van der Waals surface area (Å²) in [5.41, 5.74) is 6.11. The van der Waals surface area contributed by atoms with Gasteiger partial charge in [-0.3, -0.25) is 9.48 Å². The summed E-state index contributed by atoms with van der Waals surface area (Å²) in [4.78, 5) is 12.8. The van der Waals surface area contributed by atoms with E-state index < -0.39 is 0 Å². The predicted molar refractivity (Wildman–Crippen MR) is 127 cm³/mol. The van der Waals surface area contributed by atoms with Crippen molar-refractivity contribution in [3.05, 3.63) is 105 Å². The van der Waals surface area contributed by atoms with E-state index in [-0.39, 0.29) is 5.91 Å². The van der Waals surface area contributed by atoms with Crippen LogP contribution >= 0.6 is 23.2 Å². The van der Waals surface area contributed by atoms with Crippen molar-refractivity contribution in [3.63, 3.8) is 0 Å². The lowest BCUT2D eigenvalue weighted by Crippen LogP contribution is -2.13. The van der Waals surface area contributed by atoms with Gasteiger partial charge in [-0.25, -0.2) is 0 Å². The molecule has 0 saturated heterocycles. The molecular formula is C25H21Cl2N3O. The molecule has 0 bridgehead atoms. The van der Waals surface area contributed by atoms with E-state index in [9.17, 15) is 4.79 Å². The van der Waals surface area contributed by atoms with E-state index in [0.29, 0.717) is 22.2 Å². The highest BCUT2D eigenvalue weighted by atomic mass is 35.5. The molecule has 0 radical (unpaired) electrons. The number of benzene rings is 3. The van der Waals surface area contributed by atoms with Gasteiger partial charge in [0.15, 0.2) is 0 Å². The minimum atomic E-state index is -0.167. The number of anilines is 1. The van der Waals surface area contributed by atoms with Crippen molar-refractivity contribution in [2.24, 2.45) is 0 Å². The second kappa shape index (κ2) is 8.96. The number of aromatic nitrogens is 2. The van der Waals surface area contributed by atoms with E-state index in [1.807, 2.05) is 85.3 Å². The Balaban J connectivity index is 1.51. The Morgan fingerprint density at radius 2 is 1.58 bits per heavy atom. The van der Waals surface area contributed by atoms with Gasteiger partial charge in [-0.1, -0.05) is 71.7 Å². The van der Waals surface area contributed by atoms with Crippen LogP contribution in [0.5, 0.6) is 0 Å². The second-order valence-electron chi connectivity index (χ2n) is 7.35. The van der Waals surface area contributed by atoms with Crippen molar-refractivity contribution >= 4 is 34.8 Å². The highest BCUT2D eigenvalue weighted by molar-refractivity contribution is 6.42. The fourth-order valence-corrected chi connectivity index (χ4v) is 3.79. The maximum atomic E-state index is 12.8. The van der Waals surface area contributed by atoms with Gasteiger partial charge >= 0.3 is 0 Å². The third kappa shape index (κ3) is 4.66. The molecule has 0 atom stereocenters. The lowest BCUT2D eigenvalue weighted by Gasteiger charge is -2.09. The number of carbonyl (C=O) groups is 1. The molecule has 0 aliphatic heterocycles. The first-order valence-electron chi connectivity index (χ1n) is 9.87. The van der Waals surface area contributed by atoms with Gasteiger partial charge in [0.25, 0.3) is 5.91 Å². The minimum absolute atomic E-state index is 0.167. The molecule has 0 spiro atoms. The van der Waals surface area contributed by atoms with Gasteiger partial charge in [-0.15, -0.1) is 0 Å². The van der Waals surface area contributed by atoms with E-state index in [4.69, 9.17) is 23.2 Å². The molecule has 1 heterocycles. The van der Waals surface area contributed by atoms with Crippen LogP contribution in [0.25, 0.3) is 11.1 Å². The van der Waals surface area contributed by atoms with Gasteiger partial charge in [0, 0.05) is 5.56 Å². The largest absolute Gasteiger partial charge is 0.319 e. The molecule has 0 aliphatic carbocycles. The summed E-state index contributed by atoms with van der Waals surface area (Å²) in [6, 6.07) is 23.2. The Labute approximate surface area is 191 Å². The smallest absolute Gasteiger partial charge is 0.255 e. The highest BCUT2D eigenvalue weighted by Crippen LogP contribution is 2.26. The van der Waals surface area contributed by atoms with Crippen LogP contribution in [-0.2, 0) is 6.54 Å². The summed E-state index contributed by atoms with van der Waals surface area (Å²) in [5, 5.41) is 8.62. The van der Waals surface area contributed by atoms with Crippen LogP contribution in [0.3, 0.4) is 0 Å². The Kier molecular flexibility index (Phi) is 6.12. The summed E-state index contributed by atoms with van der Waals surface area (Å²) in [6.45, 7) is 4.35. The summed E-state index contributed by atoms with van der Waals surface area (Å²) < 4.78 is 1.85. The van der Waals surface area contributed by atoms with Gasteiger partial charge in [-0.2, -0.15) is 5.10 Å². The molecular weight excluding hydrogens is 429 g/mol. The number of hydrogen-bond donors (Lipinski definition) is 1. The number of rotatable bonds is 5. The number of aryl methyl sites for hydroxylation is 1. The van der Waals surface area contributed by atoms with Crippen LogP contribution in [-0.4, -0.2) is 15.7 Å². The monoisotopic (exact) mass is 449 g/mol. The number of nitrogens with zero attached hydrogens (tertiary/aromatic N) is 2. The molecule has 4 nitrogen and oxygen atoms in total. The molecule has 4 aromatic rings. The van der Waals surface area contributed by atoms with Gasteiger partial charge in [0.05, 0.1) is 33.7 Å². The summed E-state index contributed by atoms with van der Waals surface area (Å²) in [6.07, 6.45) is 0. The third-order valence-electron chi connectivity index (χ3n) is 5.19. The van der Waals surface area contributed by atoms with Crippen LogP contribution in [0.1, 0.15) is 27.3 Å². The number of nitrogens with one attached hydrogen (secondary N) is 1. The molecule has 1 amide bonds. The quantitative estimate of drug-likeness (QED) is 0.365. The maximum absolute atomic E-state index is 12.8. The van der Waals surface area contributed by atoms with Crippen molar-refractivity contribution in [1.29, 1.82) is 0 Å². The molecule has 0 fully saturated rings. The first-order chi connectivity index (χ1) is 14.9. The first-order valence-corrected chi connectivity index (χ1v) is 10.6. The zero-order valence-electron chi connectivity index (χ0n) is 17.2. The van der Waals surface area contributed by atoms with Crippen LogP contribution < -0.4 is 5.32 Å². The van der Waals surface area contributed by atoms with Crippen molar-refractivity contribution in [3.8, 4) is 11.1 Å². The zero-order valence-corrected chi connectivity index (χ0v) is 18.7. The zero-order chi connectivity index (χ0) is 22.0. The van der Waals surface area contributed by atoms with Crippen LogP contribution in [0, 0.1) is 13.8 Å². The Hall–Kier alpha value is -3.08. The minimum Gasteiger partial charge on any atom is -0.319 e. The average Bonchev–Trinajstić information content (AvgIpc) is 3.04. The first kappa shape index (κ1) is 21.2. The summed E-state index contributed by atoms with van der Waals surface area (Å²) in [5.74, 6) is -0.167. The molecule has 1 aromatic heterocycles. The molecule has 0 aliphatic rings. The SMILES string of the molecule is Cc1nn(Cc2ccc(Cl)c(Cl)c2)c(C)c1NC(=O)c1ccc(-c2ccccc2)cc1. The van der Waals surface area contributed by atoms with Crippen molar-refractivity contribution in [2.75, 3.05) is 5.32 Å². The fourth-order valence-electron chi connectivity index (χ4n) is 3.47. The molecule has 6 heteroatoms. The topological polar surface area (TPSA) is 46.9 Å². The molecule has 1 N–H and O–H groups in total. The van der Waals surface area contributed by atoms with Crippen LogP contribution in [0.2, 0.25) is 10.0 Å². The second-order valence-corrected chi connectivity index (χ2v) is 8.16. The van der Waals surface area contributed by atoms with Gasteiger partial charge in [0.1, 0.15) is 0 Å². The normalized spacial score (nSPS) is 10.8. The molecule has 0 unspecified atom stereocenters. The van der Waals surface area contributed by atoms with E-state index in [1.165, 1.54) is 0 Å². The van der Waals surface area contributed by atoms with E-state index in [0.717, 1.165) is 33.8 Å².